The van der Waals surface area contributed by atoms with E-state index in [-0.39, 0.29) is 22.1 Å². The Hall–Kier alpha value is -2.63. The van der Waals surface area contributed by atoms with E-state index in [9.17, 15) is 19.1 Å². The normalized spacial score (nSPS) is 16.1. The molecule has 0 aliphatic heterocycles. The van der Waals surface area contributed by atoms with Crippen molar-refractivity contribution in [3.8, 4) is 5.75 Å². The summed E-state index contributed by atoms with van der Waals surface area (Å²) in [5.41, 5.74) is -1.30. The van der Waals surface area contributed by atoms with Crippen LogP contribution in [0.15, 0.2) is 30.3 Å². The number of rotatable bonds is 3. The van der Waals surface area contributed by atoms with Crippen LogP contribution in [0.5, 0.6) is 5.75 Å². The van der Waals surface area contributed by atoms with Gasteiger partial charge in [0, 0.05) is 10.8 Å². The highest BCUT2D eigenvalue weighted by Gasteiger charge is 2.44. The van der Waals surface area contributed by atoms with Crippen LogP contribution >= 0.6 is 0 Å². The van der Waals surface area contributed by atoms with Crippen molar-refractivity contribution >= 4 is 22.6 Å². The van der Waals surface area contributed by atoms with Crippen LogP contribution in [0.1, 0.15) is 36.0 Å². The molecule has 2 N–H and O–H groups in total. The number of halogens is 1. The van der Waals surface area contributed by atoms with Crippen LogP contribution in [-0.4, -0.2) is 29.6 Å². The second-order valence-corrected chi connectivity index (χ2v) is 6.04. The van der Waals surface area contributed by atoms with Gasteiger partial charge in [0.05, 0.1) is 12.7 Å². The number of nitrogens with one attached hydrogen (secondary N) is 1. The van der Waals surface area contributed by atoms with Gasteiger partial charge in [0.25, 0.3) is 5.91 Å². The van der Waals surface area contributed by atoms with Crippen LogP contribution in [0.3, 0.4) is 0 Å². The molecular formula is C18H18FNO4. The molecule has 6 heteroatoms. The highest BCUT2D eigenvalue weighted by atomic mass is 19.1. The first-order chi connectivity index (χ1) is 11.5. The highest BCUT2D eigenvalue weighted by molar-refractivity contribution is 6.05. The van der Waals surface area contributed by atoms with Crippen LogP contribution in [0, 0.1) is 5.82 Å². The molecule has 1 amide bonds. The van der Waals surface area contributed by atoms with Gasteiger partial charge in [0.1, 0.15) is 17.1 Å². The number of carbonyl (C=O) groups excluding carboxylic acids is 2. The van der Waals surface area contributed by atoms with Crippen LogP contribution < -0.4 is 5.32 Å². The first-order valence-corrected chi connectivity index (χ1v) is 7.80. The van der Waals surface area contributed by atoms with Crippen LogP contribution in [-0.2, 0) is 9.53 Å². The fourth-order valence-corrected chi connectivity index (χ4v) is 3.33. The molecule has 0 radical (unpaired) electrons. The Kier molecular flexibility index (Phi) is 4.13. The molecule has 0 atom stereocenters. The summed E-state index contributed by atoms with van der Waals surface area (Å²) in [4.78, 5) is 24.7. The molecule has 1 aliphatic carbocycles. The fourth-order valence-electron chi connectivity index (χ4n) is 3.33. The van der Waals surface area contributed by atoms with Crippen molar-refractivity contribution in [2.24, 2.45) is 0 Å². The number of phenols is 1. The van der Waals surface area contributed by atoms with E-state index in [0.29, 0.717) is 12.8 Å². The Labute approximate surface area is 138 Å². The topological polar surface area (TPSA) is 75.6 Å². The maximum absolute atomic E-state index is 14.2. The fraction of sp³-hybridized carbons (Fsp3) is 0.333. The van der Waals surface area contributed by atoms with E-state index in [1.807, 2.05) is 0 Å². The Morgan fingerprint density at radius 1 is 1.21 bits per heavy atom. The predicted molar refractivity (Wildman–Crippen MR) is 86.3 cm³/mol. The van der Waals surface area contributed by atoms with Gasteiger partial charge in [-0.3, -0.25) is 4.79 Å². The minimum absolute atomic E-state index is 0.193. The van der Waals surface area contributed by atoms with E-state index >= 15 is 0 Å². The van der Waals surface area contributed by atoms with Crippen LogP contribution in [0.4, 0.5) is 4.39 Å². The van der Waals surface area contributed by atoms with Gasteiger partial charge in [0.15, 0.2) is 0 Å². The summed E-state index contributed by atoms with van der Waals surface area (Å²) in [7, 11) is 1.27. The quantitative estimate of drug-likeness (QED) is 0.848. The Morgan fingerprint density at radius 2 is 1.83 bits per heavy atom. The van der Waals surface area contributed by atoms with E-state index < -0.39 is 23.2 Å². The minimum atomic E-state index is -1.11. The van der Waals surface area contributed by atoms with Gasteiger partial charge in [-0.1, -0.05) is 37.1 Å². The monoisotopic (exact) mass is 331 g/mol. The lowest BCUT2D eigenvalue weighted by Crippen LogP contribution is -2.53. The van der Waals surface area contributed by atoms with Crippen molar-refractivity contribution in [2.75, 3.05) is 7.11 Å². The summed E-state index contributed by atoms with van der Waals surface area (Å²) < 4.78 is 19.0. The van der Waals surface area contributed by atoms with Crippen molar-refractivity contribution in [3.05, 3.63) is 41.7 Å². The summed E-state index contributed by atoms with van der Waals surface area (Å²) >= 11 is 0. The van der Waals surface area contributed by atoms with E-state index in [1.54, 1.807) is 12.1 Å². The molecule has 24 heavy (non-hydrogen) atoms. The number of carbonyl (C=O) groups is 2. The summed E-state index contributed by atoms with van der Waals surface area (Å²) in [5, 5.41) is 13.5. The predicted octanol–water partition coefficient (Wildman–Crippen LogP) is 2.90. The molecule has 1 aliphatic rings. The first kappa shape index (κ1) is 16.2. The van der Waals surface area contributed by atoms with Crippen molar-refractivity contribution in [3.63, 3.8) is 0 Å². The second-order valence-electron chi connectivity index (χ2n) is 6.04. The molecule has 0 spiro atoms. The zero-order chi connectivity index (χ0) is 17.3. The maximum atomic E-state index is 14.2. The van der Waals surface area contributed by atoms with Crippen molar-refractivity contribution in [2.45, 2.75) is 31.2 Å². The zero-order valence-corrected chi connectivity index (χ0v) is 13.3. The number of amides is 1. The van der Waals surface area contributed by atoms with Crippen molar-refractivity contribution in [1.82, 2.24) is 5.32 Å². The molecule has 0 bridgehead atoms. The Morgan fingerprint density at radius 3 is 2.46 bits per heavy atom. The molecule has 3 rings (SSSR count). The molecule has 0 saturated heterocycles. The molecule has 5 nitrogen and oxygen atoms in total. The van der Waals surface area contributed by atoms with Crippen molar-refractivity contribution in [1.29, 1.82) is 0 Å². The SMILES string of the molecule is COC(=O)C1(NC(=O)c2cc(F)c3ccccc3c2O)CCCC1. The third-order valence-corrected chi connectivity index (χ3v) is 4.60. The number of fused-ring (bicyclic) bond motifs is 1. The molecule has 0 heterocycles. The van der Waals surface area contributed by atoms with Gasteiger partial charge in [-0.15, -0.1) is 0 Å². The molecule has 1 saturated carbocycles. The van der Waals surface area contributed by atoms with Gasteiger partial charge >= 0.3 is 5.97 Å². The summed E-state index contributed by atoms with van der Waals surface area (Å²) in [5.74, 6) is -2.12. The van der Waals surface area contributed by atoms with E-state index in [0.717, 1.165) is 18.9 Å². The second kappa shape index (κ2) is 6.11. The third kappa shape index (κ3) is 2.58. The molecule has 2 aromatic carbocycles. The van der Waals surface area contributed by atoms with Gasteiger partial charge in [-0.25, -0.2) is 9.18 Å². The number of hydrogen-bond acceptors (Lipinski definition) is 4. The molecule has 0 aromatic heterocycles. The molecular weight excluding hydrogens is 313 g/mol. The standard InChI is InChI=1S/C18H18FNO4/c1-24-17(23)18(8-4-5-9-18)20-16(22)13-10-14(19)11-6-2-3-7-12(11)15(13)21/h2-3,6-7,10,21H,4-5,8-9H2,1H3,(H,20,22). The number of aromatic hydroxyl groups is 1. The first-order valence-electron chi connectivity index (χ1n) is 7.80. The number of esters is 1. The van der Waals surface area contributed by atoms with Crippen LogP contribution in [0.2, 0.25) is 0 Å². The summed E-state index contributed by atoms with van der Waals surface area (Å²) in [6.07, 6.45) is 2.49. The number of ether oxygens (including phenoxy) is 1. The summed E-state index contributed by atoms with van der Waals surface area (Å²) in [6, 6.07) is 7.35. The lowest BCUT2D eigenvalue weighted by molar-refractivity contribution is -0.148. The maximum Gasteiger partial charge on any atom is 0.331 e. The Balaban J connectivity index is 2.00. The van der Waals surface area contributed by atoms with Crippen LogP contribution in [0.25, 0.3) is 10.8 Å². The number of methoxy groups -OCH3 is 1. The zero-order valence-electron chi connectivity index (χ0n) is 13.3. The minimum Gasteiger partial charge on any atom is -0.506 e. The number of benzene rings is 2. The average Bonchev–Trinajstić information content (AvgIpc) is 3.07. The van der Waals surface area contributed by atoms with Gasteiger partial charge < -0.3 is 15.2 Å². The van der Waals surface area contributed by atoms with E-state index in [1.165, 1.54) is 19.2 Å². The third-order valence-electron chi connectivity index (χ3n) is 4.60. The lowest BCUT2D eigenvalue weighted by atomic mass is 9.96. The largest absolute Gasteiger partial charge is 0.506 e. The lowest BCUT2D eigenvalue weighted by Gasteiger charge is -2.27. The molecule has 2 aromatic rings. The number of hydrogen-bond donors (Lipinski definition) is 2. The van der Waals surface area contributed by atoms with Gasteiger partial charge in [-0.05, 0) is 18.9 Å². The van der Waals surface area contributed by atoms with Gasteiger partial charge in [0.2, 0.25) is 0 Å². The van der Waals surface area contributed by atoms with Gasteiger partial charge in [-0.2, -0.15) is 0 Å². The molecule has 1 fully saturated rings. The Bertz CT molecular complexity index is 812. The molecule has 126 valence electrons. The van der Waals surface area contributed by atoms with Crippen molar-refractivity contribution < 1.29 is 23.8 Å². The highest BCUT2D eigenvalue weighted by Crippen LogP contribution is 2.34. The smallest absolute Gasteiger partial charge is 0.331 e. The summed E-state index contributed by atoms with van der Waals surface area (Å²) in [6.45, 7) is 0. The molecule has 0 unspecified atom stereocenters. The average molecular weight is 331 g/mol. The van der Waals surface area contributed by atoms with E-state index in [4.69, 9.17) is 4.74 Å². The van der Waals surface area contributed by atoms with E-state index in [2.05, 4.69) is 5.32 Å². The number of phenolic OH excluding ortho intramolecular Hbond substituents is 1.